The maximum Gasteiger partial charge on any atom is 0.351 e. The Labute approximate surface area is 103 Å². The van der Waals surface area contributed by atoms with Crippen LogP contribution < -0.4 is 11.4 Å². The first kappa shape index (κ1) is 13.9. The number of hydrogen-bond acceptors (Lipinski definition) is 6. The fraction of sp³-hybridized carbons (Fsp3) is 0.556. The molecule has 1 heterocycles. The van der Waals surface area contributed by atoms with Crippen molar-refractivity contribution in [1.82, 2.24) is 9.55 Å². The highest BCUT2D eigenvalue weighted by atomic mass is 32.1. The number of halogens is 1. The van der Waals surface area contributed by atoms with Crippen molar-refractivity contribution in [2.75, 3.05) is 18.1 Å². The molecule has 96 valence electrons. The average Bonchev–Trinajstić information content (AvgIpc) is 2.30. The van der Waals surface area contributed by atoms with E-state index in [0.29, 0.717) is 0 Å². The van der Waals surface area contributed by atoms with Gasteiger partial charge in [0.05, 0.1) is 18.9 Å². The van der Waals surface area contributed by atoms with Crippen molar-refractivity contribution < 1.29 is 14.2 Å². The summed E-state index contributed by atoms with van der Waals surface area (Å²) >= 11 is 4.00. The highest BCUT2D eigenvalue weighted by Crippen LogP contribution is 2.12. The Morgan fingerprint density at radius 3 is 2.94 bits per heavy atom. The van der Waals surface area contributed by atoms with Gasteiger partial charge in [-0.05, 0) is 6.92 Å². The number of nitrogens with two attached hydrogens (primary N) is 1. The fourth-order valence-electron chi connectivity index (χ4n) is 1.17. The lowest BCUT2D eigenvalue weighted by Gasteiger charge is -2.21. The summed E-state index contributed by atoms with van der Waals surface area (Å²) in [5.41, 5.74) is 4.43. The van der Waals surface area contributed by atoms with Crippen LogP contribution in [0.4, 0.5) is 10.2 Å². The van der Waals surface area contributed by atoms with Gasteiger partial charge in [0.1, 0.15) is 6.23 Å². The van der Waals surface area contributed by atoms with Gasteiger partial charge in [0, 0.05) is 5.75 Å². The van der Waals surface area contributed by atoms with Crippen molar-refractivity contribution in [1.29, 1.82) is 0 Å². The number of thiol groups is 1. The standard InChI is InChI=1S/C9H14FN3O3S/c1-5(3-14)16-7(4-17)13-2-6(10)8(11)12-9(13)15/h2,5,7,14,17H,3-4H2,1H3,(H2,11,12,15). The molecule has 0 aliphatic carbocycles. The first-order valence-corrected chi connectivity index (χ1v) is 5.54. The van der Waals surface area contributed by atoms with Gasteiger partial charge < -0.3 is 15.6 Å². The number of ether oxygens (including phenoxy) is 1. The van der Waals surface area contributed by atoms with Gasteiger partial charge in [-0.15, -0.1) is 0 Å². The van der Waals surface area contributed by atoms with E-state index in [2.05, 4.69) is 17.6 Å². The number of aliphatic hydroxyl groups is 1. The SMILES string of the molecule is CC(CO)OC(CS)n1cc(F)c(N)nc1=O. The van der Waals surface area contributed by atoms with Crippen LogP contribution in [0.25, 0.3) is 0 Å². The minimum absolute atomic E-state index is 0.134. The topological polar surface area (TPSA) is 90.4 Å². The molecule has 2 unspecified atom stereocenters. The number of rotatable bonds is 5. The third-order valence-corrected chi connectivity index (χ3v) is 2.36. The molecule has 1 aromatic rings. The Hall–Kier alpha value is -1.12. The third-order valence-electron chi connectivity index (χ3n) is 2.05. The summed E-state index contributed by atoms with van der Waals surface area (Å²) in [6.45, 7) is 1.40. The average molecular weight is 263 g/mol. The number of aliphatic hydroxyl groups excluding tert-OH is 1. The predicted octanol–water partition coefficient (Wildman–Crippen LogP) is -0.210. The smallest absolute Gasteiger partial charge is 0.351 e. The van der Waals surface area contributed by atoms with Crippen molar-refractivity contribution in [2.24, 2.45) is 0 Å². The lowest BCUT2D eigenvalue weighted by molar-refractivity contribution is -0.0555. The Morgan fingerprint density at radius 2 is 2.41 bits per heavy atom. The van der Waals surface area contributed by atoms with Crippen molar-refractivity contribution in [3.05, 3.63) is 22.5 Å². The molecule has 1 rings (SSSR count). The number of anilines is 1. The zero-order chi connectivity index (χ0) is 13.0. The van der Waals surface area contributed by atoms with Gasteiger partial charge in [0.25, 0.3) is 0 Å². The van der Waals surface area contributed by atoms with E-state index in [9.17, 15) is 9.18 Å². The summed E-state index contributed by atoms with van der Waals surface area (Å²) in [6.07, 6.45) is -0.398. The van der Waals surface area contributed by atoms with Gasteiger partial charge in [-0.3, -0.25) is 4.57 Å². The van der Waals surface area contributed by atoms with E-state index in [1.54, 1.807) is 6.92 Å². The zero-order valence-electron chi connectivity index (χ0n) is 9.21. The fourth-order valence-corrected chi connectivity index (χ4v) is 1.43. The zero-order valence-corrected chi connectivity index (χ0v) is 10.1. The Balaban J connectivity index is 3.04. The summed E-state index contributed by atoms with van der Waals surface area (Å²) in [7, 11) is 0. The van der Waals surface area contributed by atoms with Crippen LogP contribution in [-0.2, 0) is 4.74 Å². The van der Waals surface area contributed by atoms with Crippen LogP contribution in [0.2, 0.25) is 0 Å². The summed E-state index contributed by atoms with van der Waals surface area (Å²) < 4.78 is 19.4. The molecule has 2 atom stereocenters. The van der Waals surface area contributed by atoms with Crippen molar-refractivity contribution in [3.63, 3.8) is 0 Å². The summed E-state index contributed by atoms with van der Waals surface area (Å²) in [6, 6.07) is 0. The van der Waals surface area contributed by atoms with Gasteiger partial charge in [-0.1, -0.05) is 0 Å². The van der Waals surface area contributed by atoms with E-state index < -0.39 is 29.7 Å². The van der Waals surface area contributed by atoms with Crippen molar-refractivity contribution >= 4 is 18.4 Å². The summed E-state index contributed by atoms with van der Waals surface area (Å²) in [4.78, 5) is 14.8. The second-order valence-electron chi connectivity index (χ2n) is 3.43. The summed E-state index contributed by atoms with van der Waals surface area (Å²) in [5, 5.41) is 8.85. The van der Waals surface area contributed by atoms with E-state index in [-0.39, 0.29) is 12.4 Å². The highest BCUT2D eigenvalue weighted by Gasteiger charge is 2.17. The number of hydrogen-bond donors (Lipinski definition) is 3. The molecule has 6 nitrogen and oxygen atoms in total. The Kier molecular flexibility index (Phi) is 4.91. The molecule has 8 heteroatoms. The second-order valence-corrected chi connectivity index (χ2v) is 3.80. The van der Waals surface area contributed by atoms with Crippen LogP contribution in [0.3, 0.4) is 0 Å². The van der Waals surface area contributed by atoms with Crippen LogP contribution in [0.15, 0.2) is 11.0 Å². The van der Waals surface area contributed by atoms with Crippen LogP contribution in [0.5, 0.6) is 0 Å². The molecule has 0 aromatic carbocycles. The normalized spacial score (nSPS) is 14.6. The van der Waals surface area contributed by atoms with E-state index in [1.165, 1.54) is 0 Å². The van der Waals surface area contributed by atoms with Gasteiger partial charge in [0.2, 0.25) is 0 Å². The monoisotopic (exact) mass is 263 g/mol. The van der Waals surface area contributed by atoms with Crippen LogP contribution in [0, 0.1) is 5.82 Å². The molecule has 0 radical (unpaired) electrons. The molecular formula is C9H14FN3O3S. The summed E-state index contributed by atoms with van der Waals surface area (Å²) in [5.74, 6) is -1.13. The molecule has 3 N–H and O–H groups in total. The first-order chi connectivity index (χ1) is 7.99. The molecule has 0 amide bonds. The second kappa shape index (κ2) is 5.99. The first-order valence-electron chi connectivity index (χ1n) is 4.91. The molecule has 0 aliphatic rings. The van der Waals surface area contributed by atoms with Gasteiger partial charge in [0.15, 0.2) is 11.6 Å². The number of aromatic nitrogens is 2. The molecule has 0 bridgehead atoms. The molecule has 0 aliphatic heterocycles. The number of nitrogens with zero attached hydrogens (tertiary/aromatic N) is 2. The molecule has 0 spiro atoms. The van der Waals surface area contributed by atoms with E-state index in [4.69, 9.17) is 15.6 Å². The maximum atomic E-state index is 13.2. The highest BCUT2D eigenvalue weighted by molar-refractivity contribution is 7.80. The van der Waals surface area contributed by atoms with Crippen LogP contribution >= 0.6 is 12.6 Å². The lowest BCUT2D eigenvalue weighted by Crippen LogP contribution is -2.33. The molecule has 17 heavy (non-hydrogen) atoms. The number of nitrogen functional groups attached to an aromatic ring is 1. The lowest BCUT2D eigenvalue weighted by atomic mass is 10.4. The predicted molar refractivity (Wildman–Crippen MR) is 63.4 cm³/mol. The van der Waals surface area contributed by atoms with Crippen LogP contribution in [0.1, 0.15) is 13.2 Å². The molecule has 0 fully saturated rings. The van der Waals surface area contributed by atoms with E-state index in [0.717, 1.165) is 10.8 Å². The van der Waals surface area contributed by atoms with E-state index >= 15 is 0 Å². The molecule has 1 aromatic heterocycles. The minimum atomic E-state index is -0.810. The quantitative estimate of drug-likeness (QED) is 0.640. The largest absolute Gasteiger partial charge is 0.394 e. The minimum Gasteiger partial charge on any atom is -0.394 e. The Morgan fingerprint density at radius 1 is 1.76 bits per heavy atom. The molecular weight excluding hydrogens is 249 g/mol. The van der Waals surface area contributed by atoms with Crippen molar-refractivity contribution in [3.8, 4) is 0 Å². The van der Waals surface area contributed by atoms with Gasteiger partial charge >= 0.3 is 5.69 Å². The van der Waals surface area contributed by atoms with Crippen molar-refractivity contribution in [2.45, 2.75) is 19.3 Å². The Bertz CT molecular complexity index is 440. The molecule has 0 saturated carbocycles. The van der Waals surface area contributed by atoms with E-state index in [1.807, 2.05) is 0 Å². The van der Waals surface area contributed by atoms with Gasteiger partial charge in [-0.2, -0.15) is 17.6 Å². The van der Waals surface area contributed by atoms with Gasteiger partial charge in [-0.25, -0.2) is 9.18 Å². The van der Waals surface area contributed by atoms with Crippen LogP contribution in [-0.4, -0.2) is 33.1 Å². The third kappa shape index (κ3) is 3.42. The maximum absolute atomic E-state index is 13.2. The molecule has 0 saturated heterocycles.